The highest BCUT2D eigenvalue weighted by Crippen LogP contribution is 2.49. The number of fused-ring (bicyclic) bond motifs is 3. The molecule has 0 spiro atoms. The SMILES string of the molecule is C/C(OCO[Si](C)(C)C)=C1\c2ccccc2-c2cccc(C3=CC=CC3)c21. The van der Waals surface area contributed by atoms with Crippen molar-refractivity contribution in [3.63, 3.8) is 0 Å². The molecule has 27 heavy (non-hydrogen) atoms. The minimum Gasteiger partial charge on any atom is -0.472 e. The van der Waals surface area contributed by atoms with Gasteiger partial charge in [0.2, 0.25) is 0 Å². The van der Waals surface area contributed by atoms with Crippen LogP contribution < -0.4 is 0 Å². The van der Waals surface area contributed by atoms with Crippen LogP contribution in [0.5, 0.6) is 0 Å². The zero-order chi connectivity index (χ0) is 19.0. The Kier molecular flexibility index (Phi) is 4.66. The van der Waals surface area contributed by atoms with Crippen molar-refractivity contribution in [2.75, 3.05) is 6.79 Å². The van der Waals surface area contributed by atoms with E-state index in [9.17, 15) is 0 Å². The Labute approximate surface area is 163 Å². The smallest absolute Gasteiger partial charge is 0.188 e. The molecule has 2 nitrogen and oxygen atoms in total. The molecule has 0 heterocycles. The van der Waals surface area contributed by atoms with Gasteiger partial charge in [0.05, 0.1) is 0 Å². The minimum absolute atomic E-state index is 0.314. The maximum Gasteiger partial charge on any atom is 0.188 e. The van der Waals surface area contributed by atoms with Crippen molar-refractivity contribution in [3.8, 4) is 11.1 Å². The van der Waals surface area contributed by atoms with E-state index in [0.717, 1.165) is 12.2 Å². The third-order valence-corrected chi connectivity index (χ3v) is 6.02. The summed E-state index contributed by atoms with van der Waals surface area (Å²) in [5.41, 5.74) is 8.98. The standard InChI is InChI=1S/C24H26O2Si/c1-17(25-16-26-27(2,3)4)23-21-13-8-7-12-20(21)22-15-9-14-19(24(22)23)18-10-5-6-11-18/h5-10,12-15H,11,16H2,1-4H3/b23-17-. The van der Waals surface area contributed by atoms with Crippen molar-refractivity contribution in [3.05, 3.63) is 83.1 Å². The molecule has 2 aliphatic rings. The van der Waals surface area contributed by atoms with Crippen molar-refractivity contribution in [2.24, 2.45) is 0 Å². The molecule has 4 rings (SSSR count). The van der Waals surface area contributed by atoms with Crippen LogP contribution in [0.2, 0.25) is 19.6 Å². The summed E-state index contributed by atoms with van der Waals surface area (Å²) in [5, 5.41) is 0. The van der Waals surface area contributed by atoms with E-state index in [-0.39, 0.29) is 0 Å². The van der Waals surface area contributed by atoms with Crippen LogP contribution in [0.1, 0.15) is 30.0 Å². The number of hydrogen-bond acceptors (Lipinski definition) is 2. The molecule has 3 heteroatoms. The van der Waals surface area contributed by atoms with Crippen molar-refractivity contribution in [2.45, 2.75) is 33.0 Å². The maximum absolute atomic E-state index is 6.09. The highest BCUT2D eigenvalue weighted by molar-refractivity contribution is 6.69. The largest absolute Gasteiger partial charge is 0.472 e. The molecule has 0 radical (unpaired) electrons. The average Bonchev–Trinajstić information content (AvgIpc) is 3.26. The van der Waals surface area contributed by atoms with Gasteiger partial charge in [-0.15, -0.1) is 0 Å². The van der Waals surface area contributed by atoms with Gasteiger partial charge in [-0.25, -0.2) is 0 Å². The fourth-order valence-corrected chi connectivity index (χ4v) is 4.18. The van der Waals surface area contributed by atoms with Crippen molar-refractivity contribution in [1.82, 2.24) is 0 Å². The molecular formula is C24H26O2Si. The Balaban J connectivity index is 1.82. The van der Waals surface area contributed by atoms with Gasteiger partial charge < -0.3 is 9.16 Å². The molecule has 0 N–H and O–H groups in total. The van der Waals surface area contributed by atoms with E-state index in [1.54, 1.807) is 0 Å². The second-order valence-corrected chi connectivity index (χ2v) is 12.6. The molecule has 0 aromatic heterocycles. The normalized spacial score (nSPS) is 16.8. The Morgan fingerprint density at radius 3 is 2.33 bits per heavy atom. The fourth-order valence-electron chi connectivity index (χ4n) is 3.76. The monoisotopic (exact) mass is 374 g/mol. The van der Waals surface area contributed by atoms with Crippen LogP contribution >= 0.6 is 0 Å². The lowest BCUT2D eigenvalue weighted by Crippen LogP contribution is -2.26. The average molecular weight is 375 g/mol. The Morgan fingerprint density at radius 2 is 1.63 bits per heavy atom. The Morgan fingerprint density at radius 1 is 0.926 bits per heavy atom. The lowest BCUT2D eigenvalue weighted by atomic mass is 9.92. The number of ether oxygens (including phenoxy) is 1. The molecule has 0 fully saturated rings. The van der Waals surface area contributed by atoms with E-state index in [2.05, 4.69) is 87.3 Å². The number of rotatable bonds is 5. The molecule has 0 amide bonds. The quantitative estimate of drug-likeness (QED) is 0.284. The van der Waals surface area contributed by atoms with Gasteiger partial charge in [0.1, 0.15) is 5.76 Å². The van der Waals surface area contributed by atoms with Crippen LogP contribution in [0.3, 0.4) is 0 Å². The van der Waals surface area contributed by atoms with E-state index >= 15 is 0 Å². The summed E-state index contributed by atoms with van der Waals surface area (Å²) in [7, 11) is -1.60. The number of benzene rings is 2. The van der Waals surface area contributed by atoms with Crippen molar-refractivity contribution >= 4 is 19.5 Å². The number of allylic oxidation sites excluding steroid dienone is 5. The van der Waals surface area contributed by atoms with Crippen LogP contribution in [0.15, 0.2) is 66.5 Å². The second kappa shape index (κ2) is 6.99. The van der Waals surface area contributed by atoms with Crippen LogP contribution in [0.25, 0.3) is 22.3 Å². The lowest BCUT2D eigenvalue weighted by Gasteiger charge is -2.19. The van der Waals surface area contributed by atoms with Gasteiger partial charge in [-0.3, -0.25) is 0 Å². The summed E-state index contributed by atoms with van der Waals surface area (Å²) in [6.07, 6.45) is 7.57. The minimum atomic E-state index is -1.60. The summed E-state index contributed by atoms with van der Waals surface area (Å²) < 4.78 is 12.0. The summed E-state index contributed by atoms with van der Waals surface area (Å²) >= 11 is 0. The van der Waals surface area contributed by atoms with Gasteiger partial charge in [0.25, 0.3) is 0 Å². The third kappa shape index (κ3) is 3.45. The summed E-state index contributed by atoms with van der Waals surface area (Å²) in [6, 6.07) is 15.2. The second-order valence-electron chi connectivity index (χ2n) is 8.05. The van der Waals surface area contributed by atoms with E-state index < -0.39 is 8.32 Å². The topological polar surface area (TPSA) is 18.5 Å². The lowest BCUT2D eigenvalue weighted by molar-refractivity contribution is 0.0576. The molecule has 0 aliphatic heterocycles. The van der Waals surface area contributed by atoms with Gasteiger partial charge in [0.15, 0.2) is 15.1 Å². The van der Waals surface area contributed by atoms with Gasteiger partial charge in [-0.05, 0) is 60.8 Å². The van der Waals surface area contributed by atoms with Crippen LogP contribution in [0.4, 0.5) is 0 Å². The fraction of sp³-hybridized carbons (Fsp3) is 0.250. The first-order valence-electron chi connectivity index (χ1n) is 9.52. The summed E-state index contributed by atoms with van der Waals surface area (Å²) in [5.74, 6) is 0.929. The predicted molar refractivity (Wildman–Crippen MR) is 116 cm³/mol. The van der Waals surface area contributed by atoms with E-state index in [0.29, 0.717) is 6.79 Å². The molecule has 138 valence electrons. The first-order chi connectivity index (χ1) is 13.0. The molecule has 0 saturated heterocycles. The molecule has 0 unspecified atom stereocenters. The predicted octanol–water partition coefficient (Wildman–Crippen LogP) is 6.62. The molecular weight excluding hydrogens is 348 g/mol. The molecule has 0 bridgehead atoms. The third-order valence-electron chi connectivity index (χ3n) is 5.04. The van der Waals surface area contributed by atoms with Crippen LogP contribution in [-0.2, 0) is 9.16 Å². The zero-order valence-electron chi connectivity index (χ0n) is 16.5. The molecule has 2 aromatic carbocycles. The summed E-state index contributed by atoms with van der Waals surface area (Å²) in [6.45, 7) is 8.91. The zero-order valence-corrected chi connectivity index (χ0v) is 17.5. The maximum atomic E-state index is 6.09. The highest BCUT2D eigenvalue weighted by Gasteiger charge is 2.29. The molecule has 2 aromatic rings. The van der Waals surface area contributed by atoms with E-state index in [4.69, 9.17) is 9.16 Å². The van der Waals surface area contributed by atoms with Gasteiger partial charge in [-0.1, -0.05) is 60.7 Å². The molecule has 0 atom stereocenters. The Bertz CT molecular complexity index is 974. The van der Waals surface area contributed by atoms with Gasteiger partial charge >= 0.3 is 0 Å². The van der Waals surface area contributed by atoms with E-state index in [1.165, 1.54) is 39.0 Å². The number of hydrogen-bond donors (Lipinski definition) is 0. The highest BCUT2D eigenvalue weighted by atomic mass is 28.4. The first kappa shape index (κ1) is 18.0. The molecule has 0 saturated carbocycles. The summed E-state index contributed by atoms with van der Waals surface area (Å²) in [4.78, 5) is 0. The van der Waals surface area contributed by atoms with Crippen LogP contribution in [0, 0.1) is 0 Å². The van der Waals surface area contributed by atoms with Crippen LogP contribution in [-0.4, -0.2) is 15.1 Å². The first-order valence-corrected chi connectivity index (χ1v) is 12.9. The van der Waals surface area contributed by atoms with Gasteiger partial charge in [0, 0.05) is 11.1 Å². The van der Waals surface area contributed by atoms with Gasteiger partial charge in [-0.2, -0.15) is 0 Å². The van der Waals surface area contributed by atoms with Crippen molar-refractivity contribution in [1.29, 1.82) is 0 Å². The molecule has 2 aliphatic carbocycles. The Hall–Kier alpha value is -2.36. The van der Waals surface area contributed by atoms with E-state index in [1.807, 2.05) is 0 Å². The van der Waals surface area contributed by atoms with Crippen molar-refractivity contribution < 1.29 is 9.16 Å².